The molecule has 3 aromatic heterocycles. The van der Waals surface area contributed by atoms with Crippen molar-refractivity contribution in [2.75, 3.05) is 32.8 Å². The maximum atomic E-state index is 13.4. The Kier molecular flexibility index (Phi) is 5.80. The van der Waals surface area contributed by atoms with Crippen LogP contribution >= 0.6 is 0 Å². The van der Waals surface area contributed by atoms with E-state index < -0.39 is 0 Å². The molecule has 2 aliphatic rings. The number of carbonyl (C=O) groups is 2. The largest absolute Gasteiger partial charge is 0.378 e. The van der Waals surface area contributed by atoms with Crippen molar-refractivity contribution in [1.29, 1.82) is 0 Å². The number of ether oxygens (including phenoxy) is 1. The summed E-state index contributed by atoms with van der Waals surface area (Å²) in [6.45, 7) is 6.71. The van der Waals surface area contributed by atoms with Crippen LogP contribution in [0.2, 0.25) is 0 Å². The zero-order valence-corrected chi connectivity index (χ0v) is 19.0. The van der Waals surface area contributed by atoms with E-state index in [0.29, 0.717) is 55.6 Å². The molecule has 0 radical (unpaired) electrons. The van der Waals surface area contributed by atoms with Crippen LogP contribution in [0.3, 0.4) is 0 Å². The molecule has 5 heterocycles. The SMILES string of the molecule is Cc1ccn2cc(C(=O)N3CCCCC3c3ncc(C(=O)N4CCOCC4)c(C)n3)nc2c1. The van der Waals surface area contributed by atoms with E-state index in [4.69, 9.17) is 4.74 Å². The summed E-state index contributed by atoms with van der Waals surface area (Å²) in [7, 11) is 0. The average molecular weight is 449 g/mol. The summed E-state index contributed by atoms with van der Waals surface area (Å²) < 4.78 is 7.21. The topological polar surface area (TPSA) is 92.9 Å². The molecule has 0 aliphatic carbocycles. The van der Waals surface area contributed by atoms with E-state index in [1.165, 1.54) is 0 Å². The number of aromatic nitrogens is 4. The Labute approximate surface area is 192 Å². The first-order chi connectivity index (χ1) is 16.0. The van der Waals surface area contributed by atoms with Crippen LogP contribution in [0.15, 0.2) is 30.7 Å². The van der Waals surface area contributed by atoms with Crippen molar-refractivity contribution >= 4 is 17.5 Å². The van der Waals surface area contributed by atoms with Gasteiger partial charge in [-0.25, -0.2) is 15.0 Å². The average Bonchev–Trinajstić information content (AvgIpc) is 3.27. The molecule has 5 rings (SSSR count). The van der Waals surface area contributed by atoms with Gasteiger partial charge in [0.15, 0.2) is 5.82 Å². The van der Waals surface area contributed by atoms with Gasteiger partial charge in [0.25, 0.3) is 11.8 Å². The Bertz CT molecular complexity index is 1200. The lowest BCUT2D eigenvalue weighted by molar-refractivity contribution is 0.0301. The second-order valence-electron chi connectivity index (χ2n) is 8.74. The minimum absolute atomic E-state index is 0.0704. The van der Waals surface area contributed by atoms with E-state index in [1.807, 2.05) is 41.5 Å². The maximum absolute atomic E-state index is 13.4. The van der Waals surface area contributed by atoms with Gasteiger partial charge in [0.2, 0.25) is 0 Å². The predicted octanol–water partition coefficient (Wildman–Crippen LogP) is 2.58. The van der Waals surface area contributed by atoms with Crippen LogP contribution in [0.4, 0.5) is 0 Å². The molecule has 1 unspecified atom stereocenters. The highest BCUT2D eigenvalue weighted by Gasteiger charge is 2.32. The number of rotatable bonds is 3. The molecule has 172 valence electrons. The predicted molar refractivity (Wildman–Crippen MR) is 121 cm³/mol. The molecule has 2 fully saturated rings. The quantitative estimate of drug-likeness (QED) is 0.612. The molecule has 1 atom stereocenters. The summed E-state index contributed by atoms with van der Waals surface area (Å²) in [6.07, 6.45) is 8.02. The Morgan fingerprint density at radius 2 is 1.88 bits per heavy atom. The number of piperidine rings is 1. The number of hydrogen-bond acceptors (Lipinski definition) is 6. The monoisotopic (exact) mass is 448 g/mol. The lowest BCUT2D eigenvalue weighted by Gasteiger charge is -2.34. The third kappa shape index (κ3) is 4.20. The lowest BCUT2D eigenvalue weighted by Crippen LogP contribution is -2.41. The fourth-order valence-electron chi connectivity index (χ4n) is 4.57. The summed E-state index contributed by atoms with van der Waals surface area (Å²) in [5.74, 6) is 0.397. The molecule has 9 heteroatoms. The van der Waals surface area contributed by atoms with Crippen molar-refractivity contribution in [3.05, 3.63) is 59.1 Å². The third-order valence-electron chi connectivity index (χ3n) is 6.42. The van der Waals surface area contributed by atoms with E-state index in [0.717, 1.165) is 30.5 Å². The van der Waals surface area contributed by atoms with Gasteiger partial charge in [-0.3, -0.25) is 9.59 Å². The summed E-state index contributed by atoms with van der Waals surface area (Å²) in [5, 5.41) is 0. The molecule has 2 amide bonds. The van der Waals surface area contributed by atoms with Gasteiger partial charge in [0, 0.05) is 38.2 Å². The summed E-state index contributed by atoms with van der Waals surface area (Å²) in [5.41, 5.74) is 3.41. The van der Waals surface area contributed by atoms with Gasteiger partial charge in [-0.1, -0.05) is 0 Å². The smallest absolute Gasteiger partial charge is 0.274 e. The number of hydrogen-bond donors (Lipinski definition) is 0. The van der Waals surface area contributed by atoms with E-state index >= 15 is 0 Å². The minimum atomic E-state index is -0.232. The van der Waals surface area contributed by atoms with Gasteiger partial charge in [-0.2, -0.15) is 0 Å². The molecular formula is C24H28N6O3. The van der Waals surface area contributed by atoms with E-state index in [9.17, 15) is 9.59 Å². The van der Waals surface area contributed by atoms with Crippen LogP contribution in [0.25, 0.3) is 5.65 Å². The second-order valence-corrected chi connectivity index (χ2v) is 8.74. The van der Waals surface area contributed by atoms with Crippen molar-refractivity contribution in [2.24, 2.45) is 0 Å². The highest BCUT2D eigenvalue weighted by Crippen LogP contribution is 2.30. The Hall–Kier alpha value is -3.33. The molecule has 0 bridgehead atoms. The number of aryl methyl sites for hydroxylation is 2. The van der Waals surface area contributed by atoms with Crippen molar-refractivity contribution in [1.82, 2.24) is 29.2 Å². The van der Waals surface area contributed by atoms with Gasteiger partial charge >= 0.3 is 0 Å². The van der Waals surface area contributed by atoms with E-state index in [2.05, 4.69) is 15.0 Å². The maximum Gasteiger partial charge on any atom is 0.274 e. The van der Waals surface area contributed by atoms with E-state index in [1.54, 1.807) is 17.3 Å². The van der Waals surface area contributed by atoms with Crippen molar-refractivity contribution < 1.29 is 14.3 Å². The fourth-order valence-corrected chi connectivity index (χ4v) is 4.57. The first-order valence-corrected chi connectivity index (χ1v) is 11.5. The fraction of sp³-hybridized carbons (Fsp3) is 0.458. The van der Waals surface area contributed by atoms with Crippen molar-refractivity contribution in [3.8, 4) is 0 Å². The van der Waals surface area contributed by atoms with Gasteiger partial charge in [-0.15, -0.1) is 0 Å². The van der Waals surface area contributed by atoms with Crippen LogP contribution in [0.5, 0.6) is 0 Å². The number of fused-ring (bicyclic) bond motifs is 1. The Morgan fingerprint density at radius 1 is 1.06 bits per heavy atom. The zero-order chi connectivity index (χ0) is 22.9. The number of amides is 2. The standard InChI is InChI=1S/C24H28N6O3/c1-16-6-8-29-15-19(27-21(29)13-16)24(32)30-7-4-3-5-20(30)22-25-14-18(17(2)26-22)23(31)28-9-11-33-12-10-28/h6,8,13-15,20H,3-5,7,9-12H2,1-2H3. The van der Waals surface area contributed by atoms with Crippen molar-refractivity contribution in [3.63, 3.8) is 0 Å². The normalized spacial score (nSPS) is 19.2. The van der Waals surface area contributed by atoms with Gasteiger partial charge in [0.1, 0.15) is 11.3 Å². The molecule has 2 aliphatic heterocycles. The molecule has 0 spiro atoms. The summed E-state index contributed by atoms with van der Waals surface area (Å²) in [6, 6.07) is 3.72. The van der Waals surface area contributed by atoms with Crippen molar-refractivity contribution in [2.45, 2.75) is 39.2 Å². The second kappa shape index (κ2) is 8.90. The zero-order valence-electron chi connectivity index (χ0n) is 19.0. The first-order valence-electron chi connectivity index (χ1n) is 11.5. The van der Waals surface area contributed by atoms with Gasteiger partial charge < -0.3 is 18.9 Å². The molecule has 0 saturated carbocycles. The molecule has 0 N–H and O–H groups in total. The first kappa shape index (κ1) is 21.5. The van der Waals surface area contributed by atoms with Crippen LogP contribution in [-0.4, -0.2) is 73.8 Å². The Balaban J connectivity index is 1.40. The van der Waals surface area contributed by atoms with Crippen LogP contribution < -0.4 is 0 Å². The number of imidazole rings is 1. The number of pyridine rings is 1. The number of nitrogens with zero attached hydrogens (tertiary/aromatic N) is 6. The molecule has 0 aromatic carbocycles. The molecule has 9 nitrogen and oxygen atoms in total. The molecule has 33 heavy (non-hydrogen) atoms. The summed E-state index contributed by atoms with van der Waals surface area (Å²) >= 11 is 0. The van der Waals surface area contributed by atoms with Crippen LogP contribution in [0, 0.1) is 13.8 Å². The lowest BCUT2D eigenvalue weighted by atomic mass is 10.0. The highest BCUT2D eigenvalue weighted by molar-refractivity contribution is 5.95. The van der Waals surface area contributed by atoms with E-state index in [-0.39, 0.29) is 17.9 Å². The third-order valence-corrected chi connectivity index (χ3v) is 6.42. The van der Waals surface area contributed by atoms with Gasteiger partial charge in [-0.05, 0) is 50.8 Å². The number of morpholine rings is 1. The van der Waals surface area contributed by atoms with Gasteiger partial charge in [0.05, 0.1) is 30.5 Å². The molecule has 3 aromatic rings. The minimum Gasteiger partial charge on any atom is -0.378 e. The molecular weight excluding hydrogens is 420 g/mol. The number of carbonyl (C=O) groups excluding carboxylic acids is 2. The highest BCUT2D eigenvalue weighted by atomic mass is 16.5. The number of likely N-dealkylation sites (tertiary alicyclic amines) is 1. The van der Waals surface area contributed by atoms with Crippen LogP contribution in [0.1, 0.15) is 63.2 Å². The van der Waals surface area contributed by atoms with Crippen LogP contribution in [-0.2, 0) is 4.74 Å². The summed E-state index contributed by atoms with van der Waals surface area (Å²) in [4.78, 5) is 43.7. The Morgan fingerprint density at radius 3 is 2.67 bits per heavy atom. The molecule has 2 saturated heterocycles.